The summed E-state index contributed by atoms with van der Waals surface area (Å²) in [6.07, 6.45) is -0.636. The van der Waals surface area contributed by atoms with Crippen LogP contribution in [0.2, 0.25) is 0 Å². The predicted molar refractivity (Wildman–Crippen MR) is 125 cm³/mol. The first-order chi connectivity index (χ1) is 15.6. The normalized spacial score (nSPS) is 15.2. The first-order valence-corrected chi connectivity index (χ1v) is 10.8. The molecule has 1 aliphatic heterocycles. The molecule has 0 radical (unpaired) electrons. The van der Waals surface area contributed by atoms with E-state index in [0.717, 1.165) is 23.9 Å². The Balaban J connectivity index is 1.28. The molecule has 5 rings (SSSR count). The molecule has 162 valence electrons. The largest absolute Gasteiger partial charge is 0.481 e. The quantitative estimate of drug-likeness (QED) is 0.362. The van der Waals surface area contributed by atoms with Crippen molar-refractivity contribution in [2.24, 2.45) is 0 Å². The molecule has 0 saturated carbocycles. The molecule has 2 heterocycles. The van der Waals surface area contributed by atoms with Gasteiger partial charge in [-0.2, -0.15) is 0 Å². The van der Waals surface area contributed by atoms with Crippen molar-refractivity contribution in [1.29, 1.82) is 0 Å². The average Bonchev–Trinajstić information content (AvgIpc) is 2.84. The van der Waals surface area contributed by atoms with Crippen molar-refractivity contribution >= 4 is 33.3 Å². The summed E-state index contributed by atoms with van der Waals surface area (Å²) in [6, 6.07) is 22.9. The monoisotopic (exact) mass is 428 g/mol. The van der Waals surface area contributed by atoms with E-state index in [0.29, 0.717) is 29.8 Å². The fourth-order valence-corrected chi connectivity index (χ4v) is 4.27. The fraction of sp³-hybridized carbons (Fsp3) is 0.231. The third kappa shape index (κ3) is 3.80. The topological polar surface area (TPSA) is 63.0 Å². The van der Waals surface area contributed by atoms with Gasteiger partial charge in [0.25, 0.3) is 5.91 Å². The lowest BCUT2D eigenvalue weighted by atomic mass is 10.1. The number of amides is 1. The van der Waals surface area contributed by atoms with E-state index in [1.807, 2.05) is 53.4 Å². The smallest absolute Gasteiger partial charge is 0.344 e. The van der Waals surface area contributed by atoms with Crippen LogP contribution in [-0.2, 0) is 4.79 Å². The average molecular weight is 428 g/mol. The first kappa shape index (κ1) is 20.1. The van der Waals surface area contributed by atoms with Crippen molar-refractivity contribution < 1.29 is 13.9 Å². The van der Waals surface area contributed by atoms with E-state index in [9.17, 15) is 9.59 Å². The van der Waals surface area contributed by atoms with Crippen LogP contribution in [0, 0.1) is 0 Å². The lowest BCUT2D eigenvalue weighted by Crippen LogP contribution is -2.52. The Morgan fingerprint density at radius 2 is 1.56 bits per heavy atom. The predicted octanol–water partition coefficient (Wildman–Crippen LogP) is 4.06. The van der Waals surface area contributed by atoms with E-state index >= 15 is 0 Å². The van der Waals surface area contributed by atoms with Gasteiger partial charge in [-0.25, -0.2) is 4.79 Å². The van der Waals surface area contributed by atoms with Gasteiger partial charge in [-0.1, -0.05) is 36.4 Å². The van der Waals surface area contributed by atoms with E-state index in [-0.39, 0.29) is 11.5 Å². The van der Waals surface area contributed by atoms with Crippen molar-refractivity contribution in [2.45, 2.75) is 13.0 Å². The maximum atomic E-state index is 12.9. The van der Waals surface area contributed by atoms with Crippen molar-refractivity contribution in [3.8, 4) is 5.75 Å². The fourth-order valence-electron chi connectivity index (χ4n) is 4.27. The number of piperazine rings is 1. The molecule has 6 heteroatoms. The molecule has 4 aromatic rings. The van der Waals surface area contributed by atoms with Crippen LogP contribution in [0.5, 0.6) is 5.75 Å². The summed E-state index contributed by atoms with van der Waals surface area (Å²) in [5.41, 5.74) is 1.24. The number of hydrogen-bond acceptors (Lipinski definition) is 5. The number of fused-ring (bicyclic) bond motifs is 3. The SMILES string of the molecule is C[C@@H](Oc1ccc2c(c1)oc(=O)c1ccccc12)C(=O)N1CCN(c2ccccc2)CC1. The molecular formula is C26H24N2O4. The minimum atomic E-state index is -0.636. The van der Waals surface area contributed by atoms with Gasteiger partial charge in [-0.3, -0.25) is 4.79 Å². The zero-order valence-corrected chi connectivity index (χ0v) is 17.9. The zero-order chi connectivity index (χ0) is 22.1. The zero-order valence-electron chi connectivity index (χ0n) is 17.9. The van der Waals surface area contributed by atoms with Crippen LogP contribution in [0.4, 0.5) is 5.69 Å². The van der Waals surface area contributed by atoms with Crippen LogP contribution < -0.4 is 15.3 Å². The molecule has 1 atom stereocenters. The number of nitrogens with zero attached hydrogens (tertiary/aromatic N) is 2. The Bertz CT molecular complexity index is 1320. The molecule has 0 unspecified atom stereocenters. The molecule has 1 saturated heterocycles. The summed E-state index contributed by atoms with van der Waals surface area (Å²) in [5.74, 6) is 0.456. The van der Waals surface area contributed by atoms with E-state index in [2.05, 4.69) is 17.0 Å². The second-order valence-corrected chi connectivity index (χ2v) is 8.00. The lowest BCUT2D eigenvalue weighted by Gasteiger charge is -2.37. The first-order valence-electron chi connectivity index (χ1n) is 10.8. The van der Waals surface area contributed by atoms with Gasteiger partial charge in [0.15, 0.2) is 6.10 Å². The minimum Gasteiger partial charge on any atom is -0.481 e. The maximum Gasteiger partial charge on any atom is 0.344 e. The molecule has 3 aromatic carbocycles. The Morgan fingerprint density at radius 3 is 2.31 bits per heavy atom. The molecule has 0 spiro atoms. The number of hydrogen-bond donors (Lipinski definition) is 0. The van der Waals surface area contributed by atoms with Gasteiger partial charge < -0.3 is 19.0 Å². The standard InChI is InChI=1S/C26H24N2O4/c1-18(25(29)28-15-13-27(14-16-28)19-7-3-2-4-8-19)31-20-11-12-22-21-9-5-6-10-23(21)26(30)32-24(22)17-20/h2-12,17-18H,13-16H2,1H3/t18-/m1/s1. The van der Waals surface area contributed by atoms with Crippen LogP contribution in [0.1, 0.15) is 6.92 Å². The molecule has 1 aromatic heterocycles. The van der Waals surface area contributed by atoms with Gasteiger partial charge >= 0.3 is 5.63 Å². The van der Waals surface area contributed by atoms with Crippen LogP contribution in [0.15, 0.2) is 82.0 Å². The minimum absolute atomic E-state index is 0.0437. The van der Waals surface area contributed by atoms with Gasteiger partial charge in [-0.15, -0.1) is 0 Å². The van der Waals surface area contributed by atoms with Gasteiger partial charge in [0.1, 0.15) is 11.3 Å². The molecule has 1 fully saturated rings. The molecule has 1 amide bonds. The van der Waals surface area contributed by atoms with Crippen LogP contribution in [0.3, 0.4) is 0 Å². The van der Waals surface area contributed by atoms with Crippen LogP contribution in [-0.4, -0.2) is 43.1 Å². The highest BCUT2D eigenvalue weighted by atomic mass is 16.5. The number of carbonyl (C=O) groups is 1. The Hall–Kier alpha value is -3.80. The maximum absolute atomic E-state index is 12.9. The number of ether oxygens (including phenoxy) is 1. The Morgan fingerprint density at radius 1 is 0.875 bits per heavy atom. The van der Waals surface area contributed by atoms with E-state index in [4.69, 9.17) is 9.15 Å². The van der Waals surface area contributed by atoms with Crippen LogP contribution >= 0.6 is 0 Å². The van der Waals surface area contributed by atoms with E-state index in [1.165, 1.54) is 5.69 Å². The molecular weight excluding hydrogens is 404 g/mol. The summed E-state index contributed by atoms with van der Waals surface area (Å²) in [5, 5.41) is 2.22. The van der Waals surface area contributed by atoms with Gasteiger partial charge in [0, 0.05) is 43.3 Å². The Labute approximate surface area is 185 Å². The third-order valence-electron chi connectivity index (χ3n) is 5.97. The highest BCUT2D eigenvalue weighted by Crippen LogP contribution is 2.27. The highest BCUT2D eigenvalue weighted by Gasteiger charge is 2.26. The van der Waals surface area contributed by atoms with Gasteiger partial charge in [-0.05, 0) is 42.6 Å². The van der Waals surface area contributed by atoms with Crippen molar-refractivity contribution in [3.05, 3.63) is 83.2 Å². The number of anilines is 1. The molecule has 0 bridgehead atoms. The molecule has 0 N–H and O–H groups in total. The third-order valence-corrected chi connectivity index (χ3v) is 5.97. The number of benzene rings is 3. The summed E-state index contributed by atoms with van der Waals surface area (Å²) in [4.78, 5) is 29.4. The number of carbonyl (C=O) groups excluding carboxylic acids is 1. The molecule has 32 heavy (non-hydrogen) atoms. The summed E-state index contributed by atoms with van der Waals surface area (Å²) in [7, 11) is 0. The number of para-hydroxylation sites is 1. The highest BCUT2D eigenvalue weighted by molar-refractivity contribution is 6.04. The van der Waals surface area contributed by atoms with E-state index < -0.39 is 6.10 Å². The Kier molecular flexibility index (Phi) is 5.27. The van der Waals surface area contributed by atoms with Crippen LogP contribution in [0.25, 0.3) is 21.7 Å². The second kappa shape index (κ2) is 8.38. The summed E-state index contributed by atoms with van der Waals surface area (Å²) < 4.78 is 11.4. The molecule has 0 aliphatic carbocycles. The molecule has 1 aliphatic rings. The van der Waals surface area contributed by atoms with Gasteiger partial charge in [0.2, 0.25) is 0 Å². The van der Waals surface area contributed by atoms with Crippen molar-refractivity contribution in [3.63, 3.8) is 0 Å². The lowest BCUT2D eigenvalue weighted by molar-refractivity contribution is -0.138. The number of rotatable bonds is 4. The summed E-state index contributed by atoms with van der Waals surface area (Å²) in [6.45, 7) is 4.64. The van der Waals surface area contributed by atoms with E-state index in [1.54, 1.807) is 19.1 Å². The van der Waals surface area contributed by atoms with Crippen molar-refractivity contribution in [2.75, 3.05) is 31.1 Å². The van der Waals surface area contributed by atoms with Gasteiger partial charge in [0.05, 0.1) is 5.39 Å². The summed E-state index contributed by atoms with van der Waals surface area (Å²) >= 11 is 0. The molecule has 6 nitrogen and oxygen atoms in total. The van der Waals surface area contributed by atoms with Crippen molar-refractivity contribution in [1.82, 2.24) is 4.90 Å². The second-order valence-electron chi connectivity index (χ2n) is 8.00.